The van der Waals surface area contributed by atoms with E-state index in [4.69, 9.17) is 19.6 Å². The summed E-state index contributed by atoms with van der Waals surface area (Å²) in [6.45, 7) is 22.6. The van der Waals surface area contributed by atoms with Gasteiger partial charge in [-0.15, -0.1) is 0 Å². The lowest BCUT2D eigenvalue weighted by atomic mass is 10.0. The third kappa shape index (κ3) is 6.48. The van der Waals surface area contributed by atoms with Crippen molar-refractivity contribution in [2.75, 3.05) is 5.73 Å². The average molecular weight is 602 g/mol. The highest BCUT2D eigenvalue weighted by molar-refractivity contribution is 6.74. The zero-order valence-electron chi connectivity index (χ0n) is 27.5. The van der Waals surface area contributed by atoms with Crippen LogP contribution in [0.4, 0.5) is 5.88 Å². The van der Waals surface area contributed by atoms with Crippen LogP contribution in [0.15, 0.2) is 70.1 Å². The molecule has 1 atom stereocenters. The van der Waals surface area contributed by atoms with Crippen LogP contribution in [-0.4, -0.2) is 35.4 Å². The van der Waals surface area contributed by atoms with E-state index in [9.17, 15) is 10.0 Å². The highest BCUT2D eigenvalue weighted by Gasteiger charge is 2.45. The molecule has 0 fully saturated rings. The quantitative estimate of drug-likeness (QED) is 0.0994. The minimum Gasteiger partial charge on any atom is -0.440 e. The maximum absolute atomic E-state index is 14.0. The second-order valence-corrected chi connectivity index (χ2v) is 19.5. The van der Waals surface area contributed by atoms with Crippen LogP contribution in [-0.2, 0) is 4.43 Å². The van der Waals surface area contributed by atoms with Crippen molar-refractivity contribution < 1.29 is 18.8 Å². The first-order chi connectivity index (χ1) is 19.7. The minimum atomic E-state index is -2.45. The molecule has 43 heavy (non-hydrogen) atoms. The van der Waals surface area contributed by atoms with Crippen LogP contribution in [0.3, 0.4) is 0 Å². The van der Waals surface area contributed by atoms with E-state index in [2.05, 4.69) is 33.9 Å². The summed E-state index contributed by atoms with van der Waals surface area (Å²) in [5.41, 5.74) is 8.90. The molecule has 2 aromatic rings. The second kappa shape index (κ2) is 11.3. The molecular weight excluding hydrogens is 554 g/mol. The number of hydrogen-bond donors (Lipinski definition) is 2. The van der Waals surface area contributed by atoms with E-state index in [0.717, 1.165) is 11.1 Å². The zero-order chi connectivity index (χ0) is 32.1. The van der Waals surface area contributed by atoms with E-state index in [1.807, 2.05) is 90.1 Å². The molecule has 0 amide bonds. The molecule has 1 aromatic heterocycles. The lowest BCUT2D eigenvalue weighted by Gasteiger charge is -2.44. The van der Waals surface area contributed by atoms with Gasteiger partial charge in [-0.1, -0.05) is 81.4 Å². The Morgan fingerprint density at radius 3 is 1.95 bits per heavy atom. The summed E-state index contributed by atoms with van der Waals surface area (Å²) < 4.78 is 13.5. The van der Waals surface area contributed by atoms with Crippen LogP contribution in [0, 0.1) is 0 Å². The smallest absolute Gasteiger partial charge is 0.204 e. The fraction of sp³-hybridized carbons (Fsp3) is 0.429. The first kappa shape index (κ1) is 32.6. The third-order valence-corrected chi connectivity index (χ3v) is 12.5. The molecule has 2 aliphatic rings. The van der Waals surface area contributed by atoms with Crippen molar-refractivity contribution >= 4 is 31.0 Å². The minimum absolute atomic E-state index is 0.0309. The number of nitrogen functional groups attached to an aromatic ring is 1. The van der Waals surface area contributed by atoms with Crippen molar-refractivity contribution in [3.8, 4) is 11.1 Å². The molecule has 0 spiro atoms. The van der Waals surface area contributed by atoms with Gasteiger partial charge in [0.1, 0.15) is 11.1 Å². The first-order valence-electron chi connectivity index (χ1n) is 14.8. The molecule has 0 saturated carbocycles. The summed E-state index contributed by atoms with van der Waals surface area (Å²) in [5.74, 6) is -0.299. The number of ketones is 1. The summed E-state index contributed by atoms with van der Waals surface area (Å²) in [6, 6.07) is 18.9. The van der Waals surface area contributed by atoms with E-state index in [0.29, 0.717) is 27.5 Å². The van der Waals surface area contributed by atoms with Crippen molar-refractivity contribution in [3.63, 3.8) is 0 Å². The largest absolute Gasteiger partial charge is 0.440 e. The Morgan fingerprint density at radius 1 is 0.907 bits per heavy atom. The molecule has 2 aliphatic carbocycles. The van der Waals surface area contributed by atoms with E-state index in [1.165, 1.54) is 5.06 Å². The van der Waals surface area contributed by atoms with Crippen molar-refractivity contribution in [1.29, 1.82) is 0 Å². The lowest BCUT2D eigenvalue weighted by Crippen LogP contribution is -2.49. The van der Waals surface area contributed by atoms with Gasteiger partial charge in [0, 0.05) is 16.7 Å². The van der Waals surface area contributed by atoms with Gasteiger partial charge in [-0.3, -0.25) is 9.79 Å². The van der Waals surface area contributed by atoms with Crippen LogP contribution < -0.4 is 11.1 Å². The number of carbonyl (C=O) groups is 1. The number of fused-ring (bicyclic) bond motifs is 3. The molecule has 3 N–H and O–H groups in total. The Hall–Kier alpha value is -3.30. The summed E-state index contributed by atoms with van der Waals surface area (Å²) in [6.07, 6.45) is -0.885. The Bertz CT molecular complexity index is 1670. The molecule has 0 radical (unpaired) electrons. The summed E-state index contributed by atoms with van der Waals surface area (Å²) >= 11 is 0. The van der Waals surface area contributed by atoms with E-state index in [1.54, 1.807) is 12.1 Å². The molecule has 1 heterocycles. The summed E-state index contributed by atoms with van der Waals surface area (Å²) in [4.78, 5) is 19.1. The van der Waals surface area contributed by atoms with Crippen LogP contribution >= 0.6 is 0 Å². The molecule has 4 rings (SSSR count). The lowest BCUT2D eigenvalue weighted by molar-refractivity contribution is -0.241. The highest BCUT2D eigenvalue weighted by atomic mass is 28.4. The number of hydroxylamine groups is 2. The van der Waals surface area contributed by atoms with Gasteiger partial charge in [-0.2, -0.15) is 5.06 Å². The second-order valence-electron chi connectivity index (χ2n) is 14.8. The monoisotopic (exact) mass is 601 g/mol. The number of hydrogen-bond acceptors (Lipinski definition) is 7. The first-order valence-corrected chi connectivity index (χ1v) is 17.7. The normalized spacial score (nSPS) is 14.6. The van der Waals surface area contributed by atoms with Crippen LogP contribution in [0.2, 0.25) is 18.1 Å². The van der Waals surface area contributed by atoms with E-state index in [-0.39, 0.29) is 22.3 Å². The fourth-order valence-electron chi connectivity index (χ4n) is 4.81. The third-order valence-electron chi connectivity index (χ3n) is 8.08. The van der Waals surface area contributed by atoms with Crippen molar-refractivity contribution in [3.05, 3.63) is 82.7 Å². The number of rotatable bonds is 6. The van der Waals surface area contributed by atoms with Gasteiger partial charge in [0.2, 0.25) is 11.7 Å². The van der Waals surface area contributed by atoms with Crippen LogP contribution in [0.25, 0.3) is 22.1 Å². The maximum atomic E-state index is 14.0. The van der Waals surface area contributed by atoms with Crippen molar-refractivity contribution in [2.45, 2.75) is 97.8 Å². The standard InChI is InChI=1S/C35H47N3O4Si/c1-33(2,3)37-28-25-23-20-16-13-17-21-24(23)26(32(38(40)34(4,5)6)42-43(10,11)35(7,8)9)30(25)41-31(36)27(28)29(39)22-18-14-12-15-19-22/h12-21,32,40H,36H2,1-11H3. The summed E-state index contributed by atoms with van der Waals surface area (Å²) in [7, 11) is -2.45. The van der Waals surface area contributed by atoms with Crippen LogP contribution in [0.5, 0.6) is 0 Å². The molecule has 230 valence electrons. The van der Waals surface area contributed by atoms with E-state index < -0.39 is 25.6 Å². The topological polar surface area (TPSA) is 101 Å². The predicted octanol–water partition coefficient (Wildman–Crippen LogP) is 8.56. The van der Waals surface area contributed by atoms with Gasteiger partial charge in [0.15, 0.2) is 14.5 Å². The number of carbonyl (C=O) groups excluding carboxylic acids is 1. The Labute approximate surface area is 256 Å². The van der Waals surface area contributed by atoms with Gasteiger partial charge in [-0.05, 0) is 70.8 Å². The van der Waals surface area contributed by atoms with Crippen LogP contribution in [0.1, 0.15) is 90.0 Å². The molecule has 7 nitrogen and oxygen atoms in total. The number of benzene rings is 1. The number of nitrogens with two attached hydrogens (primary N) is 1. The van der Waals surface area contributed by atoms with Gasteiger partial charge >= 0.3 is 0 Å². The molecule has 0 saturated heterocycles. The summed E-state index contributed by atoms with van der Waals surface area (Å²) in [5, 5.41) is 14.1. The average Bonchev–Trinajstić information content (AvgIpc) is 3.00. The predicted molar refractivity (Wildman–Crippen MR) is 177 cm³/mol. The Morgan fingerprint density at radius 2 is 1.44 bits per heavy atom. The molecule has 0 bridgehead atoms. The number of anilines is 1. The van der Waals surface area contributed by atoms with E-state index >= 15 is 0 Å². The van der Waals surface area contributed by atoms with Gasteiger partial charge in [-0.25, -0.2) is 0 Å². The highest BCUT2D eigenvalue weighted by Crippen LogP contribution is 2.48. The zero-order valence-corrected chi connectivity index (χ0v) is 28.5. The molecule has 1 aromatic carbocycles. The number of nitrogens with zero attached hydrogens (tertiary/aromatic N) is 2. The van der Waals surface area contributed by atoms with Crippen molar-refractivity contribution in [1.82, 2.24) is 5.06 Å². The van der Waals surface area contributed by atoms with Crippen molar-refractivity contribution in [2.24, 2.45) is 4.99 Å². The Kier molecular flexibility index (Phi) is 8.58. The molecule has 1 unspecified atom stereocenters. The SMILES string of the molecule is CC(C)(C)N=c1c(C(=O)c2ccccc2)c(N)oc2c(C(O[Si](C)(C)C(C)(C)C)N(O)C(C)(C)C)c3cccccc-3c12. The molecule has 8 heteroatoms. The van der Waals surface area contributed by atoms with Gasteiger partial charge in [0.05, 0.1) is 16.3 Å². The van der Waals surface area contributed by atoms with Gasteiger partial charge < -0.3 is 19.8 Å². The fourth-order valence-corrected chi connectivity index (χ4v) is 5.94. The maximum Gasteiger partial charge on any atom is 0.204 e. The molecule has 0 aliphatic heterocycles. The van der Waals surface area contributed by atoms with Gasteiger partial charge in [0.25, 0.3) is 0 Å². The molecular formula is C35H47N3O4Si. The Balaban J connectivity index is 2.22.